The fourth-order valence-electron chi connectivity index (χ4n) is 2.75. The van der Waals surface area contributed by atoms with Crippen molar-refractivity contribution in [3.8, 4) is 5.75 Å². The summed E-state index contributed by atoms with van der Waals surface area (Å²) in [5.41, 5.74) is 1.57. The highest BCUT2D eigenvalue weighted by Crippen LogP contribution is 2.27. The molecule has 120 valence electrons. The Labute approximate surface area is 134 Å². The Hall–Kier alpha value is -2.37. The molecule has 0 aliphatic carbocycles. The summed E-state index contributed by atoms with van der Waals surface area (Å²) in [4.78, 5) is 12.8. The summed E-state index contributed by atoms with van der Waals surface area (Å²) in [6, 6.07) is 13.0. The molecule has 0 atom stereocenters. The van der Waals surface area contributed by atoms with Gasteiger partial charge in [-0.15, -0.1) is 0 Å². The molecule has 1 heterocycles. The number of fused-ring (bicyclic) bond motifs is 2. The normalized spacial score (nSPS) is 11.2. The van der Waals surface area contributed by atoms with Gasteiger partial charge in [0.2, 0.25) is 0 Å². The Morgan fingerprint density at radius 1 is 0.957 bits per heavy atom. The third-order valence-electron chi connectivity index (χ3n) is 3.83. The Morgan fingerprint density at radius 2 is 1.74 bits per heavy atom. The SMILES string of the molecule is COCCOCn1c2ccccc2c(=O)c2cccc(OC)c21. The first-order chi connectivity index (χ1) is 11.3. The van der Waals surface area contributed by atoms with Crippen molar-refractivity contribution in [2.75, 3.05) is 27.4 Å². The molecule has 0 unspecified atom stereocenters. The Morgan fingerprint density at radius 3 is 2.52 bits per heavy atom. The van der Waals surface area contributed by atoms with Gasteiger partial charge in [-0.25, -0.2) is 0 Å². The molecule has 0 fully saturated rings. The monoisotopic (exact) mass is 313 g/mol. The molecule has 3 aromatic rings. The highest BCUT2D eigenvalue weighted by molar-refractivity contribution is 5.96. The fourth-order valence-corrected chi connectivity index (χ4v) is 2.75. The van der Waals surface area contributed by atoms with Gasteiger partial charge in [0.15, 0.2) is 5.43 Å². The number of aromatic nitrogens is 1. The van der Waals surface area contributed by atoms with Gasteiger partial charge in [0.05, 0.1) is 36.7 Å². The van der Waals surface area contributed by atoms with Gasteiger partial charge >= 0.3 is 0 Å². The highest BCUT2D eigenvalue weighted by atomic mass is 16.5. The van der Waals surface area contributed by atoms with E-state index in [-0.39, 0.29) is 5.43 Å². The summed E-state index contributed by atoms with van der Waals surface area (Å²) in [5.74, 6) is 0.653. The zero-order chi connectivity index (χ0) is 16.2. The second-order valence-electron chi connectivity index (χ2n) is 5.16. The Kier molecular flexibility index (Phi) is 4.60. The Balaban J connectivity index is 2.26. The molecule has 0 aliphatic heterocycles. The maximum absolute atomic E-state index is 12.8. The summed E-state index contributed by atoms with van der Waals surface area (Å²) in [6.45, 7) is 1.32. The molecule has 0 amide bonds. The van der Waals surface area contributed by atoms with Crippen LogP contribution < -0.4 is 10.2 Å². The largest absolute Gasteiger partial charge is 0.495 e. The summed E-state index contributed by atoms with van der Waals surface area (Å²) in [7, 11) is 3.24. The summed E-state index contributed by atoms with van der Waals surface area (Å²) >= 11 is 0. The third kappa shape index (κ3) is 2.81. The van der Waals surface area contributed by atoms with Gasteiger partial charge in [-0.05, 0) is 24.3 Å². The molecule has 0 N–H and O–H groups in total. The number of methoxy groups -OCH3 is 2. The van der Waals surface area contributed by atoms with Crippen molar-refractivity contribution in [3.63, 3.8) is 0 Å². The molecule has 2 aromatic carbocycles. The lowest BCUT2D eigenvalue weighted by atomic mass is 10.1. The minimum Gasteiger partial charge on any atom is -0.495 e. The number of pyridine rings is 1. The number of hydrogen-bond donors (Lipinski definition) is 0. The zero-order valence-corrected chi connectivity index (χ0v) is 13.2. The van der Waals surface area contributed by atoms with Crippen LogP contribution in [0.4, 0.5) is 0 Å². The quantitative estimate of drug-likeness (QED) is 0.519. The minimum absolute atomic E-state index is 0.00245. The number of hydrogen-bond acceptors (Lipinski definition) is 4. The maximum Gasteiger partial charge on any atom is 0.197 e. The van der Waals surface area contributed by atoms with Gasteiger partial charge in [-0.3, -0.25) is 4.79 Å². The van der Waals surface area contributed by atoms with Gasteiger partial charge in [0.25, 0.3) is 0 Å². The van der Waals surface area contributed by atoms with E-state index in [0.717, 1.165) is 11.0 Å². The molecule has 0 aliphatic rings. The van der Waals surface area contributed by atoms with Crippen molar-refractivity contribution in [2.24, 2.45) is 0 Å². The number of benzene rings is 2. The van der Waals surface area contributed by atoms with Crippen LogP contribution in [-0.4, -0.2) is 32.0 Å². The maximum atomic E-state index is 12.8. The van der Waals surface area contributed by atoms with Gasteiger partial charge < -0.3 is 18.8 Å². The zero-order valence-electron chi connectivity index (χ0n) is 13.2. The fraction of sp³-hybridized carbons (Fsp3) is 0.278. The molecule has 0 saturated heterocycles. The van der Waals surface area contributed by atoms with Gasteiger partial charge in [0.1, 0.15) is 12.5 Å². The van der Waals surface area contributed by atoms with E-state index >= 15 is 0 Å². The first-order valence-electron chi connectivity index (χ1n) is 7.43. The van der Waals surface area contributed by atoms with Crippen molar-refractivity contribution in [3.05, 3.63) is 52.7 Å². The van der Waals surface area contributed by atoms with Gasteiger partial charge in [-0.1, -0.05) is 18.2 Å². The second kappa shape index (κ2) is 6.81. The topological polar surface area (TPSA) is 49.7 Å². The van der Waals surface area contributed by atoms with Gasteiger partial charge in [-0.2, -0.15) is 0 Å². The predicted molar refractivity (Wildman–Crippen MR) is 90.1 cm³/mol. The third-order valence-corrected chi connectivity index (χ3v) is 3.83. The van der Waals surface area contributed by atoms with Crippen LogP contribution in [0.15, 0.2) is 47.3 Å². The van der Waals surface area contributed by atoms with E-state index in [4.69, 9.17) is 14.2 Å². The molecule has 0 radical (unpaired) electrons. The number of rotatable bonds is 6. The first kappa shape index (κ1) is 15.5. The van der Waals surface area contributed by atoms with Crippen molar-refractivity contribution in [1.82, 2.24) is 4.57 Å². The van der Waals surface area contributed by atoms with Crippen LogP contribution in [0.3, 0.4) is 0 Å². The van der Waals surface area contributed by atoms with E-state index in [9.17, 15) is 4.79 Å². The first-order valence-corrected chi connectivity index (χ1v) is 7.43. The average molecular weight is 313 g/mol. The highest BCUT2D eigenvalue weighted by Gasteiger charge is 2.14. The number of ether oxygens (including phenoxy) is 3. The number of nitrogens with zero attached hydrogens (tertiary/aromatic N) is 1. The molecular formula is C18H19NO4. The van der Waals surface area contributed by atoms with Crippen LogP contribution in [0.2, 0.25) is 0 Å². The second-order valence-corrected chi connectivity index (χ2v) is 5.16. The average Bonchev–Trinajstić information content (AvgIpc) is 2.60. The standard InChI is InChI=1S/C18H19NO4/c1-21-10-11-23-12-19-15-8-4-3-6-13(15)18(20)14-7-5-9-16(22-2)17(14)19/h3-9H,10-12H2,1-2H3. The summed E-state index contributed by atoms with van der Waals surface area (Å²) in [6.07, 6.45) is 0. The molecule has 0 bridgehead atoms. The van der Waals surface area contributed by atoms with Crippen molar-refractivity contribution >= 4 is 21.8 Å². The smallest absolute Gasteiger partial charge is 0.197 e. The van der Waals surface area contributed by atoms with Crippen molar-refractivity contribution in [1.29, 1.82) is 0 Å². The van der Waals surface area contributed by atoms with Crippen LogP contribution in [0, 0.1) is 0 Å². The molecular weight excluding hydrogens is 294 g/mol. The molecule has 5 heteroatoms. The molecule has 0 saturated carbocycles. The molecule has 3 rings (SSSR count). The van der Waals surface area contributed by atoms with Crippen molar-refractivity contribution < 1.29 is 14.2 Å². The van der Waals surface area contributed by atoms with Crippen LogP contribution in [0.5, 0.6) is 5.75 Å². The van der Waals surface area contributed by atoms with Crippen LogP contribution in [0.1, 0.15) is 0 Å². The Bertz CT molecular complexity index is 885. The van der Waals surface area contributed by atoms with E-state index < -0.39 is 0 Å². The van der Waals surface area contributed by atoms with Crippen LogP contribution in [0.25, 0.3) is 21.8 Å². The van der Waals surface area contributed by atoms with Gasteiger partial charge in [0, 0.05) is 12.5 Å². The van der Waals surface area contributed by atoms with E-state index in [1.165, 1.54) is 0 Å². The summed E-state index contributed by atoms with van der Waals surface area (Å²) < 4.78 is 18.1. The molecule has 5 nitrogen and oxygen atoms in total. The predicted octanol–water partition coefficient (Wildman–Crippen LogP) is 2.78. The van der Waals surface area contributed by atoms with E-state index in [2.05, 4.69) is 0 Å². The lowest BCUT2D eigenvalue weighted by Gasteiger charge is -2.17. The van der Waals surface area contributed by atoms with E-state index in [1.54, 1.807) is 14.2 Å². The van der Waals surface area contributed by atoms with E-state index in [1.807, 2.05) is 47.0 Å². The van der Waals surface area contributed by atoms with E-state index in [0.29, 0.717) is 36.5 Å². The van der Waals surface area contributed by atoms with Crippen LogP contribution in [-0.2, 0) is 16.2 Å². The van der Waals surface area contributed by atoms with Crippen LogP contribution >= 0.6 is 0 Å². The molecule has 1 aromatic heterocycles. The lowest BCUT2D eigenvalue weighted by Crippen LogP contribution is -2.15. The van der Waals surface area contributed by atoms with Crippen molar-refractivity contribution in [2.45, 2.75) is 6.73 Å². The minimum atomic E-state index is 0.00245. The summed E-state index contributed by atoms with van der Waals surface area (Å²) in [5, 5.41) is 1.29. The molecule has 0 spiro atoms. The lowest BCUT2D eigenvalue weighted by molar-refractivity contribution is 0.0374. The number of para-hydroxylation sites is 2. The molecule has 23 heavy (non-hydrogen) atoms.